The standard InChI is InChI=1S/C7H7F3/c1-5(8)3-7(10)4-6(2)9/h3-4H,1H2,2H3/b6-4+,7-3+. The van der Waals surface area contributed by atoms with Gasteiger partial charge in [0.1, 0.15) is 11.7 Å². The summed E-state index contributed by atoms with van der Waals surface area (Å²) in [6, 6.07) is 0. The lowest BCUT2D eigenvalue weighted by Gasteiger charge is -1.84. The fourth-order valence-corrected chi connectivity index (χ4v) is 0.381. The molecule has 0 rings (SSSR count). The highest BCUT2D eigenvalue weighted by Gasteiger charge is 1.91. The minimum atomic E-state index is -0.979. The lowest BCUT2D eigenvalue weighted by molar-refractivity contribution is 0.606. The van der Waals surface area contributed by atoms with Crippen molar-refractivity contribution >= 4 is 0 Å². The molecule has 56 valence electrons. The van der Waals surface area contributed by atoms with E-state index in [4.69, 9.17) is 0 Å². The van der Waals surface area contributed by atoms with E-state index in [2.05, 4.69) is 6.58 Å². The molecule has 0 nitrogen and oxygen atoms in total. The van der Waals surface area contributed by atoms with Gasteiger partial charge in [-0.05, 0) is 6.92 Å². The van der Waals surface area contributed by atoms with E-state index in [1.807, 2.05) is 0 Å². The van der Waals surface area contributed by atoms with E-state index < -0.39 is 17.5 Å². The van der Waals surface area contributed by atoms with Crippen molar-refractivity contribution in [2.45, 2.75) is 6.92 Å². The van der Waals surface area contributed by atoms with Gasteiger partial charge in [-0.15, -0.1) is 0 Å². The zero-order chi connectivity index (χ0) is 8.15. The maximum Gasteiger partial charge on any atom is 0.128 e. The zero-order valence-electron chi connectivity index (χ0n) is 5.50. The van der Waals surface area contributed by atoms with E-state index in [0.717, 1.165) is 6.92 Å². The van der Waals surface area contributed by atoms with Gasteiger partial charge in [-0.3, -0.25) is 0 Å². The van der Waals surface area contributed by atoms with E-state index in [0.29, 0.717) is 12.2 Å². The van der Waals surface area contributed by atoms with Gasteiger partial charge in [0.15, 0.2) is 0 Å². The maximum atomic E-state index is 12.1. The van der Waals surface area contributed by atoms with Crippen molar-refractivity contribution in [2.24, 2.45) is 0 Å². The highest BCUT2D eigenvalue weighted by Crippen LogP contribution is 2.07. The molecule has 10 heavy (non-hydrogen) atoms. The summed E-state index contributed by atoms with van der Waals surface area (Å²) < 4.78 is 35.7. The van der Waals surface area contributed by atoms with Crippen LogP contribution >= 0.6 is 0 Å². The molecule has 0 amide bonds. The van der Waals surface area contributed by atoms with Gasteiger partial charge < -0.3 is 0 Å². The second kappa shape index (κ2) is 3.93. The van der Waals surface area contributed by atoms with Crippen LogP contribution in [0.25, 0.3) is 0 Å². The molecule has 0 atom stereocenters. The predicted octanol–water partition coefficient (Wildman–Crippen LogP) is 3.20. The second-order valence-electron chi connectivity index (χ2n) is 1.71. The highest BCUT2D eigenvalue weighted by atomic mass is 19.1. The fourth-order valence-electron chi connectivity index (χ4n) is 0.381. The van der Waals surface area contributed by atoms with Crippen molar-refractivity contribution in [3.8, 4) is 0 Å². The largest absolute Gasteiger partial charge is 0.212 e. The quantitative estimate of drug-likeness (QED) is 0.527. The molecule has 3 heteroatoms. The molecule has 0 fully saturated rings. The van der Waals surface area contributed by atoms with Crippen molar-refractivity contribution in [3.05, 3.63) is 36.2 Å². The molecule has 0 aromatic rings. The molecule has 0 bridgehead atoms. The molecule has 0 aliphatic heterocycles. The number of allylic oxidation sites excluding steroid dienone is 5. The first-order valence-corrected chi connectivity index (χ1v) is 2.58. The van der Waals surface area contributed by atoms with Crippen LogP contribution < -0.4 is 0 Å². The van der Waals surface area contributed by atoms with E-state index in [-0.39, 0.29) is 0 Å². The Morgan fingerprint density at radius 2 is 1.70 bits per heavy atom. The van der Waals surface area contributed by atoms with E-state index in [1.165, 1.54) is 0 Å². The van der Waals surface area contributed by atoms with Crippen LogP contribution in [0, 0.1) is 0 Å². The Bertz CT molecular complexity index is 185. The van der Waals surface area contributed by atoms with Crippen LogP contribution in [0.15, 0.2) is 36.2 Å². The smallest absolute Gasteiger partial charge is 0.128 e. The van der Waals surface area contributed by atoms with Gasteiger partial charge in [0.2, 0.25) is 0 Å². The fraction of sp³-hybridized carbons (Fsp3) is 0.143. The molecule has 0 aliphatic carbocycles. The molecule has 0 aliphatic rings. The summed E-state index contributed by atoms with van der Waals surface area (Å²) in [4.78, 5) is 0. The van der Waals surface area contributed by atoms with Crippen LogP contribution in [0.1, 0.15) is 6.92 Å². The highest BCUT2D eigenvalue weighted by molar-refractivity contribution is 5.20. The first kappa shape index (κ1) is 9.01. The van der Waals surface area contributed by atoms with Crippen molar-refractivity contribution < 1.29 is 13.2 Å². The average Bonchev–Trinajstić information content (AvgIpc) is 1.58. The summed E-state index contributed by atoms with van der Waals surface area (Å²) in [5.74, 6) is -2.63. The van der Waals surface area contributed by atoms with Crippen LogP contribution in [0.4, 0.5) is 13.2 Å². The summed E-state index contributed by atoms with van der Waals surface area (Å²) in [7, 11) is 0. The molecular formula is C7H7F3. The van der Waals surface area contributed by atoms with Gasteiger partial charge in [-0.25, -0.2) is 13.2 Å². The molecular weight excluding hydrogens is 141 g/mol. The summed E-state index contributed by atoms with van der Waals surface area (Å²) in [5, 5.41) is 0. The molecule has 0 aromatic heterocycles. The summed E-state index contributed by atoms with van der Waals surface area (Å²) in [6.45, 7) is 3.83. The Balaban J connectivity index is 4.22. The van der Waals surface area contributed by atoms with Crippen LogP contribution in [-0.2, 0) is 0 Å². The van der Waals surface area contributed by atoms with E-state index in [1.54, 1.807) is 0 Å². The Kier molecular flexibility index (Phi) is 3.54. The van der Waals surface area contributed by atoms with Crippen molar-refractivity contribution in [1.29, 1.82) is 0 Å². The van der Waals surface area contributed by atoms with Gasteiger partial charge >= 0.3 is 0 Å². The van der Waals surface area contributed by atoms with Gasteiger partial charge in [0, 0.05) is 12.2 Å². The summed E-state index contributed by atoms with van der Waals surface area (Å²) in [6.07, 6.45) is 1.08. The van der Waals surface area contributed by atoms with Crippen LogP contribution in [0.2, 0.25) is 0 Å². The molecule has 0 radical (unpaired) electrons. The minimum Gasteiger partial charge on any atom is -0.212 e. The van der Waals surface area contributed by atoms with Crippen molar-refractivity contribution in [2.75, 3.05) is 0 Å². The SMILES string of the molecule is C=C(F)/C=C(F)\C=C(/C)F. The van der Waals surface area contributed by atoms with Crippen LogP contribution in [0.5, 0.6) is 0 Å². The molecule has 0 saturated heterocycles. The van der Waals surface area contributed by atoms with E-state index >= 15 is 0 Å². The average molecular weight is 148 g/mol. The van der Waals surface area contributed by atoms with E-state index in [9.17, 15) is 13.2 Å². The number of hydrogen-bond acceptors (Lipinski definition) is 0. The second-order valence-corrected chi connectivity index (χ2v) is 1.71. The third kappa shape index (κ3) is 5.15. The van der Waals surface area contributed by atoms with Gasteiger partial charge in [0.05, 0.1) is 5.83 Å². The third-order valence-corrected chi connectivity index (χ3v) is 0.631. The molecule has 0 unspecified atom stereocenters. The molecule has 0 aromatic carbocycles. The third-order valence-electron chi connectivity index (χ3n) is 0.631. The predicted molar refractivity (Wildman–Crippen MR) is 34.3 cm³/mol. The number of hydrogen-bond donors (Lipinski definition) is 0. The Morgan fingerprint density at radius 3 is 2.00 bits per heavy atom. The van der Waals surface area contributed by atoms with Crippen molar-refractivity contribution in [1.82, 2.24) is 0 Å². The lowest BCUT2D eigenvalue weighted by atomic mass is 10.4. The van der Waals surface area contributed by atoms with Crippen molar-refractivity contribution in [3.63, 3.8) is 0 Å². The molecule has 0 heterocycles. The zero-order valence-corrected chi connectivity index (χ0v) is 5.50. The molecule has 0 N–H and O–H groups in total. The lowest BCUT2D eigenvalue weighted by Crippen LogP contribution is -1.68. The summed E-state index contributed by atoms with van der Waals surface area (Å²) in [5.41, 5.74) is 0. The van der Waals surface area contributed by atoms with Gasteiger partial charge in [-0.2, -0.15) is 0 Å². The molecule has 0 spiro atoms. The van der Waals surface area contributed by atoms with Crippen LogP contribution in [-0.4, -0.2) is 0 Å². The van der Waals surface area contributed by atoms with Gasteiger partial charge in [0.25, 0.3) is 0 Å². The number of rotatable bonds is 2. The minimum absolute atomic E-state index is 0.503. The van der Waals surface area contributed by atoms with Gasteiger partial charge in [-0.1, -0.05) is 6.58 Å². The first-order chi connectivity index (χ1) is 4.52. The monoisotopic (exact) mass is 148 g/mol. The topological polar surface area (TPSA) is 0 Å². The Hall–Kier alpha value is -0.990. The Morgan fingerprint density at radius 1 is 1.20 bits per heavy atom. The normalized spacial score (nSPS) is 13.6. The maximum absolute atomic E-state index is 12.1. The Labute approximate surface area is 57.4 Å². The molecule has 0 saturated carbocycles. The summed E-state index contributed by atoms with van der Waals surface area (Å²) >= 11 is 0. The number of halogens is 3. The first-order valence-electron chi connectivity index (χ1n) is 2.58. The van der Waals surface area contributed by atoms with Crippen LogP contribution in [0.3, 0.4) is 0 Å².